The standard InChI is InChI=1S/C6H6O2/c7-5-3-4-1-2-6(5)8-4/h1-2,4,6H,3H2/t4-,6+/m0/s1. The van der Waals surface area contributed by atoms with E-state index in [-0.39, 0.29) is 18.0 Å². The molecule has 42 valence electrons. The van der Waals surface area contributed by atoms with E-state index in [1.54, 1.807) is 0 Å². The monoisotopic (exact) mass is 110 g/mol. The Balaban J connectivity index is 2.35. The van der Waals surface area contributed by atoms with Gasteiger partial charge in [-0.2, -0.15) is 0 Å². The summed E-state index contributed by atoms with van der Waals surface area (Å²) in [5, 5.41) is 0. The second-order valence-electron chi connectivity index (χ2n) is 2.15. The smallest absolute Gasteiger partial charge is 0.168 e. The zero-order chi connectivity index (χ0) is 5.56. The number of fused-ring (bicyclic) bond motifs is 2. The van der Waals surface area contributed by atoms with Crippen LogP contribution in [0.4, 0.5) is 0 Å². The van der Waals surface area contributed by atoms with Gasteiger partial charge in [0, 0.05) is 6.42 Å². The van der Waals surface area contributed by atoms with Gasteiger partial charge in [0.25, 0.3) is 0 Å². The highest BCUT2D eigenvalue weighted by molar-refractivity contribution is 5.88. The summed E-state index contributed by atoms with van der Waals surface area (Å²) in [6.07, 6.45) is 4.32. The van der Waals surface area contributed by atoms with Crippen molar-refractivity contribution < 1.29 is 9.53 Å². The second-order valence-corrected chi connectivity index (χ2v) is 2.15. The average molecular weight is 110 g/mol. The Hall–Kier alpha value is -0.630. The van der Waals surface area contributed by atoms with Crippen molar-refractivity contribution >= 4 is 5.78 Å². The van der Waals surface area contributed by atoms with Crippen LogP contribution in [0.1, 0.15) is 6.42 Å². The normalized spacial score (nSPS) is 41.8. The quantitative estimate of drug-likeness (QED) is 0.419. The van der Waals surface area contributed by atoms with E-state index in [2.05, 4.69) is 0 Å². The maximum Gasteiger partial charge on any atom is 0.168 e. The van der Waals surface area contributed by atoms with Gasteiger partial charge in [0.1, 0.15) is 6.10 Å². The third-order valence-electron chi connectivity index (χ3n) is 1.54. The Morgan fingerprint density at radius 3 is 2.75 bits per heavy atom. The van der Waals surface area contributed by atoms with Crippen LogP contribution in [0.25, 0.3) is 0 Å². The minimum atomic E-state index is -0.181. The van der Waals surface area contributed by atoms with Crippen molar-refractivity contribution in [2.75, 3.05) is 0 Å². The number of Topliss-reactive ketones (excluding diaryl/α,β-unsaturated/α-hetero) is 1. The second kappa shape index (κ2) is 1.20. The third kappa shape index (κ3) is 0.383. The Bertz CT molecular complexity index is 160. The molecule has 2 atom stereocenters. The molecule has 0 N–H and O–H groups in total. The molecule has 0 saturated carbocycles. The molecule has 0 aromatic rings. The lowest BCUT2D eigenvalue weighted by Crippen LogP contribution is -2.10. The molecule has 2 bridgehead atoms. The van der Waals surface area contributed by atoms with Crippen LogP contribution in [0.5, 0.6) is 0 Å². The van der Waals surface area contributed by atoms with Gasteiger partial charge in [0.2, 0.25) is 0 Å². The Morgan fingerprint density at radius 2 is 2.50 bits per heavy atom. The Labute approximate surface area is 47.1 Å². The molecule has 0 spiro atoms. The molecular weight excluding hydrogens is 104 g/mol. The molecule has 2 heterocycles. The number of hydrogen-bond acceptors (Lipinski definition) is 2. The van der Waals surface area contributed by atoms with Crippen molar-refractivity contribution in [1.82, 2.24) is 0 Å². The Morgan fingerprint density at radius 1 is 1.62 bits per heavy atom. The summed E-state index contributed by atoms with van der Waals surface area (Å²) in [7, 11) is 0. The minimum Gasteiger partial charge on any atom is -0.359 e. The summed E-state index contributed by atoms with van der Waals surface area (Å²) >= 11 is 0. The van der Waals surface area contributed by atoms with Crippen molar-refractivity contribution in [3.8, 4) is 0 Å². The predicted molar refractivity (Wildman–Crippen MR) is 27.4 cm³/mol. The molecule has 0 unspecified atom stereocenters. The maximum absolute atomic E-state index is 10.7. The van der Waals surface area contributed by atoms with Gasteiger partial charge in [0.15, 0.2) is 5.78 Å². The van der Waals surface area contributed by atoms with Crippen LogP contribution in [-0.2, 0) is 9.53 Å². The van der Waals surface area contributed by atoms with Gasteiger partial charge in [-0.1, -0.05) is 6.08 Å². The number of ketones is 1. The van der Waals surface area contributed by atoms with Gasteiger partial charge in [-0.15, -0.1) is 0 Å². The Kier molecular flexibility index (Phi) is 0.641. The topological polar surface area (TPSA) is 26.3 Å². The zero-order valence-corrected chi connectivity index (χ0v) is 4.33. The van der Waals surface area contributed by atoms with Crippen LogP contribution >= 0.6 is 0 Å². The molecule has 1 saturated heterocycles. The van der Waals surface area contributed by atoms with E-state index >= 15 is 0 Å². The first-order chi connectivity index (χ1) is 3.86. The fourth-order valence-corrected chi connectivity index (χ4v) is 1.12. The van der Waals surface area contributed by atoms with Crippen LogP contribution in [0.3, 0.4) is 0 Å². The summed E-state index contributed by atoms with van der Waals surface area (Å²) < 4.78 is 5.12. The molecule has 0 aromatic carbocycles. The van der Waals surface area contributed by atoms with Crippen LogP contribution in [-0.4, -0.2) is 18.0 Å². The maximum atomic E-state index is 10.7. The molecule has 0 aromatic heterocycles. The van der Waals surface area contributed by atoms with Crippen molar-refractivity contribution in [3.63, 3.8) is 0 Å². The molecule has 2 rings (SSSR count). The molecule has 0 amide bonds. The van der Waals surface area contributed by atoms with Gasteiger partial charge in [-0.25, -0.2) is 0 Å². The van der Waals surface area contributed by atoms with Gasteiger partial charge < -0.3 is 4.74 Å². The molecule has 0 aliphatic carbocycles. The van der Waals surface area contributed by atoms with Crippen LogP contribution in [0.2, 0.25) is 0 Å². The van der Waals surface area contributed by atoms with Crippen LogP contribution < -0.4 is 0 Å². The van der Waals surface area contributed by atoms with Crippen LogP contribution in [0.15, 0.2) is 12.2 Å². The highest BCUT2D eigenvalue weighted by Gasteiger charge is 2.34. The van der Waals surface area contributed by atoms with E-state index in [4.69, 9.17) is 4.74 Å². The zero-order valence-electron chi connectivity index (χ0n) is 4.33. The van der Waals surface area contributed by atoms with Crippen molar-refractivity contribution in [1.29, 1.82) is 0 Å². The minimum absolute atomic E-state index is 0.118. The van der Waals surface area contributed by atoms with Gasteiger partial charge in [-0.3, -0.25) is 4.79 Å². The molecular formula is C6H6O2. The molecule has 0 radical (unpaired) electrons. The highest BCUT2D eigenvalue weighted by atomic mass is 16.5. The van der Waals surface area contributed by atoms with Crippen molar-refractivity contribution in [2.45, 2.75) is 18.6 Å². The van der Waals surface area contributed by atoms with E-state index in [1.165, 1.54) is 0 Å². The highest BCUT2D eigenvalue weighted by Crippen LogP contribution is 2.24. The summed E-state index contributed by atoms with van der Waals surface area (Å²) in [6.45, 7) is 0. The van der Waals surface area contributed by atoms with Gasteiger partial charge in [-0.05, 0) is 6.08 Å². The summed E-state index contributed by atoms with van der Waals surface area (Å²) in [4.78, 5) is 10.7. The SMILES string of the molecule is O=C1C[C@@H]2C=C[C@H]1O2. The van der Waals surface area contributed by atoms with E-state index in [9.17, 15) is 4.79 Å². The third-order valence-corrected chi connectivity index (χ3v) is 1.54. The number of ether oxygens (including phenoxy) is 1. The lowest BCUT2D eigenvalue weighted by Gasteiger charge is -1.92. The predicted octanol–water partition coefficient (Wildman–Crippen LogP) is 0.283. The number of rotatable bonds is 0. The fourth-order valence-electron chi connectivity index (χ4n) is 1.12. The molecule has 2 aliphatic rings. The number of carbonyl (C=O) groups excluding carboxylic acids is 1. The first kappa shape index (κ1) is 4.27. The largest absolute Gasteiger partial charge is 0.359 e. The van der Waals surface area contributed by atoms with Crippen molar-refractivity contribution in [2.24, 2.45) is 0 Å². The molecule has 1 fully saturated rings. The van der Waals surface area contributed by atoms with E-state index in [0.29, 0.717) is 6.42 Å². The lowest BCUT2D eigenvalue weighted by atomic mass is 10.1. The van der Waals surface area contributed by atoms with Gasteiger partial charge in [0.05, 0.1) is 6.10 Å². The van der Waals surface area contributed by atoms with E-state index in [1.807, 2.05) is 12.2 Å². The summed E-state index contributed by atoms with van der Waals surface area (Å²) in [5.74, 6) is 0.234. The fraction of sp³-hybridized carbons (Fsp3) is 0.500. The van der Waals surface area contributed by atoms with Crippen LogP contribution in [0, 0.1) is 0 Å². The molecule has 8 heavy (non-hydrogen) atoms. The first-order valence-corrected chi connectivity index (χ1v) is 2.73. The molecule has 2 heteroatoms. The average Bonchev–Trinajstić information content (AvgIpc) is 2.23. The number of hydrogen-bond donors (Lipinski definition) is 0. The number of carbonyl (C=O) groups is 1. The van der Waals surface area contributed by atoms with Gasteiger partial charge >= 0.3 is 0 Å². The van der Waals surface area contributed by atoms with E-state index in [0.717, 1.165) is 0 Å². The first-order valence-electron chi connectivity index (χ1n) is 2.73. The summed E-state index contributed by atoms with van der Waals surface area (Å²) in [6, 6.07) is 0. The molecule has 2 aliphatic heterocycles. The lowest BCUT2D eigenvalue weighted by molar-refractivity contribution is -0.120. The van der Waals surface area contributed by atoms with Crippen molar-refractivity contribution in [3.05, 3.63) is 12.2 Å². The van der Waals surface area contributed by atoms with E-state index < -0.39 is 0 Å². The molecule has 2 nitrogen and oxygen atoms in total. The summed E-state index contributed by atoms with van der Waals surface area (Å²) in [5.41, 5.74) is 0.